The van der Waals surface area contributed by atoms with Crippen molar-refractivity contribution >= 4 is 17.6 Å². The van der Waals surface area contributed by atoms with E-state index in [1.54, 1.807) is 18.2 Å². The Hall–Kier alpha value is -3.34. The van der Waals surface area contributed by atoms with Crippen molar-refractivity contribution in [1.29, 1.82) is 0 Å². The van der Waals surface area contributed by atoms with Crippen LogP contribution in [0.15, 0.2) is 67.8 Å². The van der Waals surface area contributed by atoms with Gasteiger partial charge in [0, 0.05) is 30.6 Å². The predicted octanol–water partition coefficient (Wildman–Crippen LogP) is 7.37. The van der Waals surface area contributed by atoms with E-state index in [-0.39, 0.29) is 18.5 Å². The van der Waals surface area contributed by atoms with Crippen LogP contribution in [0, 0.1) is 0 Å². The number of hydrogen-bond donors (Lipinski definition) is 0. The maximum absolute atomic E-state index is 12.3. The van der Waals surface area contributed by atoms with Gasteiger partial charge in [0.15, 0.2) is 0 Å². The summed E-state index contributed by atoms with van der Waals surface area (Å²) in [7, 11) is 0. The molecule has 0 fully saturated rings. The highest BCUT2D eigenvalue weighted by Crippen LogP contribution is 2.26. The zero-order valence-electron chi connectivity index (χ0n) is 23.0. The number of esters is 2. The van der Waals surface area contributed by atoms with Gasteiger partial charge in [-0.3, -0.25) is 9.59 Å². The molecular weight excluding hydrogens is 462 g/mol. The maximum Gasteiger partial charge on any atom is 0.311 e. The number of rotatable bonds is 16. The summed E-state index contributed by atoms with van der Waals surface area (Å²) in [5, 5.41) is 0. The lowest BCUT2D eigenvalue weighted by Gasteiger charge is -2.33. The summed E-state index contributed by atoms with van der Waals surface area (Å²) in [6.45, 7) is 16.4. The Morgan fingerprint density at radius 3 is 2.19 bits per heavy atom. The van der Waals surface area contributed by atoms with Gasteiger partial charge in [0.2, 0.25) is 0 Å². The summed E-state index contributed by atoms with van der Waals surface area (Å²) >= 11 is 0. The molecule has 0 aromatic heterocycles. The molecule has 5 nitrogen and oxygen atoms in total. The average Bonchev–Trinajstić information content (AvgIpc) is 2.86. The van der Waals surface area contributed by atoms with Gasteiger partial charge in [-0.05, 0) is 101 Å². The molecule has 0 aliphatic carbocycles. The third kappa shape index (κ3) is 10.3. The molecule has 0 N–H and O–H groups in total. The minimum atomic E-state index is -0.278. The van der Waals surface area contributed by atoms with E-state index in [0.29, 0.717) is 43.5 Å². The van der Waals surface area contributed by atoms with E-state index in [1.807, 2.05) is 12.1 Å². The Morgan fingerprint density at radius 1 is 0.865 bits per heavy atom. The van der Waals surface area contributed by atoms with Crippen molar-refractivity contribution in [1.82, 2.24) is 0 Å². The van der Waals surface area contributed by atoms with Gasteiger partial charge in [0.25, 0.3) is 0 Å². The number of ether oxygens (including phenoxy) is 2. The summed E-state index contributed by atoms with van der Waals surface area (Å²) in [6.07, 6.45) is 7.73. The second-order valence-electron chi connectivity index (χ2n) is 9.85. The van der Waals surface area contributed by atoms with Crippen molar-refractivity contribution in [2.45, 2.75) is 91.3 Å². The molecule has 0 aliphatic heterocycles. The highest BCUT2D eigenvalue weighted by atomic mass is 16.5. The van der Waals surface area contributed by atoms with Gasteiger partial charge in [-0.2, -0.15) is 0 Å². The molecule has 0 bridgehead atoms. The van der Waals surface area contributed by atoms with Gasteiger partial charge < -0.3 is 14.4 Å². The molecule has 0 atom stereocenters. The Labute approximate surface area is 223 Å². The van der Waals surface area contributed by atoms with Crippen LogP contribution in [0.1, 0.15) is 76.5 Å². The fourth-order valence-electron chi connectivity index (χ4n) is 4.42. The molecule has 0 saturated heterocycles. The number of hydrogen-bond acceptors (Lipinski definition) is 5. The van der Waals surface area contributed by atoms with E-state index < -0.39 is 0 Å². The van der Waals surface area contributed by atoms with Crippen LogP contribution in [0.25, 0.3) is 0 Å². The lowest BCUT2D eigenvalue weighted by molar-refractivity contribution is -0.144. The summed E-state index contributed by atoms with van der Waals surface area (Å²) in [4.78, 5) is 26.6. The molecule has 2 aromatic carbocycles. The standard InChI is InChI=1S/C32H43NO4/c1-7-9-17-31(34)36-23-27-19-20-30(37-32(35)18-10-8-2)28(21-27)15-11-13-26-14-12-16-29(22-26)33(24(3)4)25(5)6/h7-8,12,14,16,19-22,24-25H,1-2,9-11,13,15,17-18,23H2,3-6H3. The van der Waals surface area contributed by atoms with Gasteiger partial charge in [0.05, 0.1) is 0 Å². The van der Waals surface area contributed by atoms with Crippen LogP contribution in [-0.2, 0) is 33.8 Å². The zero-order valence-corrected chi connectivity index (χ0v) is 23.0. The van der Waals surface area contributed by atoms with Crippen LogP contribution < -0.4 is 9.64 Å². The third-order valence-electron chi connectivity index (χ3n) is 6.09. The third-order valence-corrected chi connectivity index (χ3v) is 6.09. The van der Waals surface area contributed by atoms with Crippen molar-refractivity contribution in [2.24, 2.45) is 0 Å². The molecular formula is C32H43NO4. The molecule has 0 unspecified atom stereocenters. The molecule has 0 aliphatic rings. The minimum Gasteiger partial charge on any atom is -0.461 e. The lowest BCUT2D eigenvalue weighted by atomic mass is 10.0. The van der Waals surface area contributed by atoms with E-state index >= 15 is 0 Å². The molecule has 2 rings (SSSR count). The van der Waals surface area contributed by atoms with E-state index in [0.717, 1.165) is 30.4 Å². The molecule has 37 heavy (non-hydrogen) atoms. The van der Waals surface area contributed by atoms with Crippen molar-refractivity contribution in [3.05, 3.63) is 84.5 Å². The summed E-state index contributed by atoms with van der Waals surface area (Å²) < 4.78 is 11.1. The maximum atomic E-state index is 12.3. The molecule has 0 heterocycles. The van der Waals surface area contributed by atoms with Gasteiger partial charge in [-0.15, -0.1) is 13.2 Å². The Bertz CT molecular complexity index is 1030. The molecule has 200 valence electrons. The largest absolute Gasteiger partial charge is 0.461 e. The SMILES string of the molecule is C=CCCC(=O)OCc1ccc(OC(=O)CCC=C)c(CCCc2cccc(N(C(C)C)C(C)C)c2)c1. The topological polar surface area (TPSA) is 55.8 Å². The van der Waals surface area contributed by atoms with Crippen LogP contribution in [0.4, 0.5) is 5.69 Å². The van der Waals surface area contributed by atoms with E-state index in [1.165, 1.54) is 11.3 Å². The fraction of sp³-hybridized carbons (Fsp3) is 0.438. The van der Waals surface area contributed by atoms with Gasteiger partial charge in [-0.1, -0.05) is 30.4 Å². The van der Waals surface area contributed by atoms with Crippen LogP contribution >= 0.6 is 0 Å². The summed E-state index contributed by atoms with van der Waals surface area (Å²) in [5.74, 6) is 0.0355. The first-order chi connectivity index (χ1) is 17.7. The second-order valence-corrected chi connectivity index (χ2v) is 9.85. The molecule has 0 radical (unpaired) electrons. The monoisotopic (exact) mass is 505 g/mol. The first-order valence-corrected chi connectivity index (χ1v) is 13.3. The molecule has 0 amide bonds. The summed E-state index contributed by atoms with van der Waals surface area (Å²) in [6, 6.07) is 15.2. The van der Waals surface area contributed by atoms with E-state index in [4.69, 9.17) is 9.47 Å². The Kier molecular flexibility index (Phi) is 12.7. The quantitative estimate of drug-likeness (QED) is 0.135. The lowest BCUT2D eigenvalue weighted by Crippen LogP contribution is -2.36. The number of benzene rings is 2. The van der Waals surface area contributed by atoms with Crippen LogP contribution in [0.2, 0.25) is 0 Å². The molecule has 0 spiro atoms. The normalized spacial score (nSPS) is 10.9. The fourth-order valence-corrected chi connectivity index (χ4v) is 4.42. The molecule has 0 saturated carbocycles. The van der Waals surface area contributed by atoms with Crippen LogP contribution in [0.5, 0.6) is 5.75 Å². The molecule has 2 aromatic rings. The molecule has 5 heteroatoms. The predicted molar refractivity (Wildman–Crippen MR) is 152 cm³/mol. The van der Waals surface area contributed by atoms with Crippen LogP contribution in [-0.4, -0.2) is 24.0 Å². The second kappa shape index (κ2) is 15.7. The summed E-state index contributed by atoms with van der Waals surface area (Å²) in [5.41, 5.74) is 4.33. The van der Waals surface area contributed by atoms with E-state index in [2.05, 4.69) is 70.0 Å². The van der Waals surface area contributed by atoms with Gasteiger partial charge in [0.1, 0.15) is 12.4 Å². The van der Waals surface area contributed by atoms with Gasteiger partial charge in [-0.25, -0.2) is 0 Å². The number of carbonyl (C=O) groups is 2. The van der Waals surface area contributed by atoms with Gasteiger partial charge >= 0.3 is 11.9 Å². The van der Waals surface area contributed by atoms with Crippen molar-refractivity contribution < 1.29 is 19.1 Å². The first kappa shape index (κ1) is 29.9. The minimum absolute atomic E-state index is 0.190. The Balaban J connectivity index is 2.13. The highest BCUT2D eigenvalue weighted by Gasteiger charge is 2.15. The number of allylic oxidation sites excluding steroid dienone is 2. The number of carbonyl (C=O) groups excluding carboxylic acids is 2. The van der Waals surface area contributed by atoms with Crippen molar-refractivity contribution in [2.75, 3.05) is 4.90 Å². The van der Waals surface area contributed by atoms with E-state index in [9.17, 15) is 9.59 Å². The van der Waals surface area contributed by atoms with Crippen LogP contribution in [0.3, 0.4) is 0 Å². The van der Waals surface area contributed by atoms with Crippen molar-refractivity contribution in [3.63, 3.8) is 0 Å². The Morgan fingerprint density at radius 2 is 1.54 bits per heavy atom. The van der Waals surface area contributed by atoms with Crippen molar-refractivity contribution in [3.8, 4) is 5.75 Å². The number of aryl methyl sites for hydroxylation is 2. The number of anilines is 1. The average molecular weight is 506 g/mol. The highest BCUT2D eigenvalue weighted by molar-refractivity contribution is 5.73. The number of nitrogens with zero attached hydrogens (tertiary/aromatic N) is 1. The zero-order chi connectivity index (χ0) is 27.2. The smallest absolute Gasteiger partial charge is 0.311 e. The first-order valence-electron chi connectivity index (χ1n) is 13.3.